The summed E-state index contributed by atoms with van der Waals surface area (Å²) in [6, 6.07) is 0. The number of amides is 1. The highest BCUT2D eigenvalue weighted by Gasteiger charge is 2.38. The number of nitrogens with one attached hydrogen (secondary N) is 1. The lowest BCUT2D eigenvalue weighted by Gasteiger charge is -2.34. The Morgan fingerprint density at radius 2 is 1.86 bits per heavy atom. The number of nitrogens with two attached hydrogens (primary N) is 1. The molecule has 1 aliphatic heterocycles. The van der Waals surface area contributed by atoms with Gasteiger partial charge < -0.3 is 20.5 Å². The monoisotopic (exact) mass is 322 g/mol. The molecule has 0 aromatic rings. The number of hydrogen-bond donors (Lipinski definition) is 2. The summed E-state index contributed by atoms with van der Waals surface area (Å²) in [6.07, 6.45) is 1.10. The Labute approximate surface area is 132 Å². The molecule has 0 aromatic heterocycles. The summed E-state index contributed by atoms with van der Waals surface area (Å²) in [4.78, 5) is 24.0. The lowest BCUT2D eigenvalue weighted by atomic mass is 9.79. The molecule has 6 nitrogen and oxygen atoms in total. The number of halogens is 1. The van der Waals surface area contributed by atoms with Gasteiger partial charge in [-0.1, -0.05) is 6.92 Å². The first kappa shape index (κ1) is 20.1. The highest BCUT2D eigenvalue weighted by Crippen LogP contribution is 2.29. The molecule has 1 rings (SSSR count). The molecule has 1 fully saturated rings. The van der Waals surface area contributed by atoms with Gasteiger partial charge in [0.05, 0.1) is 17.4 Å². The third-order valence-corrected chi connectivity index (χ3v) is 3.65. The van der Waals surface area contributed by atoms with E-state index in [4.69, 9.17) is 15.2 Å². The maximum Gasteiger partial charge on any atom is 0.310 e. The smallest absolute Gasteiger partial charge is 0.310 e. The average Bonchev–Trinajstić information content (AvgIpc) is 2.44. The molecule has 1 atom stereocenters. The molecule has 0 radical (unpaired) electrons. The molecule has 3 N–H and O–H groups in total. The van der Waals surface area contributed by atoms with E-state index in [1.807, 2.05) is 0 Å². The van der Waals surface area contributed by atoms with Crippen LogP contribution in [-0.4, -0.2) is 44.3 Å². The van der Waals surface area contributed by atoms with E-state index in [0.29, 0.717) is 32.6 Å². The zero-order valence-electron chi connectivity index (χ0n) is 13.0. The van der Waals surface area contributed by atoms with Crippen LogP contribution in [0.15, 0.2) is 0 Å². The Morgan fingerprint density at radius 1 is 1.29 bits per heavy atom. The second-order valence-electron chi connectivity index (χ2n) is 5.69. The van der Waals surface area contributed by atoms with E-state index in [-0.39, 0.29) is 42.9 Å². The highest BCUT2D eigenvalue weighted by atomic mass is 35.5. The largest absolute Gasteiger partial charge is 0.463 e. The SMILES string of the molecule is CC(C)OC(=O)C(C)CNC(=O)C1(CN)CCOCC1.Cl. The third kappa shape index (κ3) is 5.80. The molecule has 0 aromatic carbocycles. The Bertz CT molecular complexity index is 344. The van der Waals surface area contributed by atoms with Crippen molar-refractivity contribution >= 4 is 24.3 Å². The van der Waals surface area contributed by atoms with E-state index in [1.165, 1.54) is 0 Å². The number of carbonyl (C=O) groups is 2. The fraction of sp³-hybridized carbons (Fsp3) is 0.857. The first-order valence-electron chi connectivity index (χ1n) is 7.18. The van der Waals surface area contributed by atoms with Crippen molar-refractivity contribution in [3.05, 3.63) is 0 Å². The zero-order valence-corrected chi connectivity index (χ0v) is 13.8. The standard InChI is InChI=1S/C14H26N2O4.ClH/c1-10(2)20-12(17)11(3)8-16-13(18)14(9-15)4-6-19-7-5-14;/h10-11H,4-9,15H2,1-3H3,(H,16,18);1H. The first-order valence-corrected chi connectivity index (χ1v) is 7.18. The molecule has 0 saturated carbocycles. The lowest BCUT2D eigenvalue weighted by molar-refractivity contribution is -0.151. The molecule has 0 aliphatic carbocycles. The molecule has 7 heteroatoms. The summed E-state index contributed by atoms with van der Waals surface area (Å²) in [5.41, 5.74) is 5.21. The summed E-state index contributed by atoms with van der Waals surface area (Å²) in [5.74, 6) is -0.752. The van der Waals surface area contributed by atoms with E-state index >= 15 is 0 Å². The van der Waals surface area contributed by atoms with Crippen LogP contribution in [0.25, 0.3) is 0 Å². The maximum absolute atomic E-state index is 12.3. The van der Waals surface area contributed by atoms with Crippen LogP contribution < -0.4 is 11.1 Å². The Hall–Kier alpha value is -0.850. The molecule has 0 spiro atoms. The Balaban J connectivity index is 0.00000400. The van der Waals surface area contributed by atoms with Crippen LogP contribution in [0.3, 0.4) is 0 Å². The van der Waals surface area contributed by atoms with Gasteiger partial charge in [-0.05, 0) is 26.7 Å². The Kier molecular flexibility index (Phi) is 8.85. The van der Waals surface area contributed by atoms with Crippen molar-refractivity contribution in [1.29, 1.82) is 0 Å². The molecular weight excluding hydrogens is 296 g/mol. The molecule has 0 bridgehead atoms. The van der Waals surface area contributed by atoms with Gasteiger partial charge in [-0.15, -0.1) is 12.4 Å². The predicted molar refractivity (Wildman–Crippen MR) is 82.2 cm³/mol. The summed E-state index contributed by atoms with van der Waals surface area (Å²) < 4.78 is 10.4. The van der Waals surface area contributed by atoms with Crippen LogP contribution in [0.4, 0.5) is 0 Å². The molecule has 124 valence electrons. The molecule has 1 heterocycles. The van der Waals surface area contributed by atoms with Crippen molar-refractivity contribution < 1.29 is 19.1 Å². The van der Waals surface area contributed by atoms with Crippen molar-refractivity contribution in [3.63, 3.8) is 0 Å². The topological polar surface area (TPSA) is 90.7 Å². The third-order valence-electron chi connectivity index (χ3n) is 3.65. The molecule has 1 saturated heterocycles. The van der Waals surface area contributed by atoms with E-state index < -0.39 is 5.41 Å². The minimum Gasteiger partial charge on any atom is -0.463 e. The number of carbonyl (C=O) groups excluding carboxylic acids is 2. The number of hydrogen-bond acceptors (Lipinski definition) is 5. The normalized spacial score (nSPS) is 18.5. The van der Waals surface area contributed by atoms with E-state index in [1.54, 1.807) is 20.8 Å². The van der Waals surface area contributed by atoms with Gasteiger partial charge in [0.25, 0.3) is 0 Å². The fourth-order valence-corrected chi connectivity index (χ4v) is 2.15. The van der Waals surface area contributed by atoms with Crippen molar-refractivity contribution in [2.24, 2.45) is 17.1 Å². The van der Waals surface area contributed by atoms with Gasteiger partial charge in [-0.25, -0.2) is 0 Å². The van der Waals surface area contributed by atoms with Crippen LogP contribution in [-0.2, 0) is 19.1 Å². The van der Waals surface area contributed by atoms with Gasteiger partial charge in [-0.3, -0.25) is 9.59 Å². The van der Waals surface area contributed by atoms with Crippen LogP contribution in [0, 0.1) is 11.3 Å². The Morgan fingerprint density at radius 3 is 2.33 bits per heavy atom. The quantitative estimate of drug-likeness (QED) is 0.708. The maximum atomic E-state index is 12.3. The van der Waals surface area contributed by atoms with E-state index in [2.05, 4.69) is 5.32 Å². The lowest BCUT2D eigenvalue weighted by Crippen LogP contribution is -2.50. The second-order valence-corrected chi connectivity index (χ2v) is 5.69. The summed E-state index contributed by atoms with van der Waals surface area (Å²) in [5, 5.41) is 2.82. The summed E-state index contributed by atoms with van der Waals surface area (Å²) >= 11 is 0. The van der Waals surface area contributed by atoms with Crippen molar-refractivity contribution in [2.45, 2.75) is 39.7 Å². The number of rotatable bonds is 6. The zero-order chi connectivity index (χ0) is 15.2. The van der Waals surface area contributed by atoms with Crippen molar-refractivity contribution in [2.75, 3.05) is 26.3 Å². The van der Waals surface area contributed by atoms with Gasteiger partial charge in [0, 0.05) is 26.3 Å². The van der Waals surface area contributed by atoms with Gasteiger partial charge in [0.1, 0.15) is 0 Å². The van der Waals surface area contributed by atoms with E-state index in [0.717, 1.165) is 0 Å². The first-order chi connectivity index (χ1) is 9.41. The molecule has 1 amide bonds. The van der Waals surface area contributed by atoms with Gasteiger partial charge in [0.2, 0.25) is 5.91 Å². The van der Waals surface area contributed by atoms with Crippen molar-refractivity contribution in [1.82, 2.24) is 5.32 Å². The van der Waals surface area contributed by atoms with E-state index in [9.17, 15) is 9.59 Å². The van der Waals surface area contributed by atoms with Gasteiger partial charge in [0.15, 0.2) is 0 Å². The highest BCUT2D eigenvalue weighted by molar-refractivity contribution is 5.85. The second kappa shape index (κ2) is 9.23. The molecule has 1 unspecified atom stereocenters. The minimum atomic E-state index is -0.556. The van der Waals surface area contributed by atoms with Crippen LogP contribution in [0.2, 0.25) is 0 Å². The molecular formula is C14H27ClN2O4. The van der Waals surface area contributed by atoms with Crippen molar-refractivity contribution in [3.8, 4) is 0 Å². The van der Waals surface area contributed by atoms with Crippen LogP contribution >= 0.6 is 12.4 Å². The number of esters is 1. The minimum absolute atomic E-state index is 0. The van der Waals surface area contributed by atoms with Gasteiger partial charge >= 0.3 is 5.97 Å². The molecule has 1 aliphatic rings. The average molecular weight is 323 g/mol. The summed E-state index contributed by atoms with van der Waals surface area (Å²) in [6.45, 7) is 7.01. The molecule has 21 heavy (non-hydrogen) atoms. The van der Waals surface area contributed by atoms with Gasteiger partial charge in [-0.2, -0.15) is 0 Å². The van der Waals surface area contributed by atoms with Crippen LogP contribution in [0.5, 0.6) is 0 Å². The fourth-order valence-electron chi connectivity index (χ4n) is 2.15. The predicted octanol–water partition coefficient (Wildman–Crippen LogP) is 0.868. The summed E-state index contributed by atoms with van der Waals surface area (Å²) in [7, 11) is 0. The number of ether oxygens (including phenoxy) is 2. The van der Waals surface area contributed by atoms with Crippen LogP contribution in [0.1, 0.15) is 33.6 Å².